The number of ketones is 1. The number of hydrogen-bond donors (Lipinski definition) is 0. The number of thiazole rings is 1. The molecule has 1 aliphatic carbocycles. The fourth-order valence-corrected chi connectivity index (χ4v) is 3.11. The molecule has 2 atom stereocenters. The van der Waals surface area contributed by atoms with Crippen LogP contribution in [0.3, 0.4) is 0 Å². The van der Waals surface area contributed by atoms with E-state index in [2.05, 4.69) is 11.9 Å². The van der Waals surface area contributed by atoms with E-state index in [-0.39, 0.29) is 0 Å². The van der Waals surface area contributed by atoms with Gasteiger partial charge in [-0.2, -0.15) is 0 Å². The lowest BCUT2D eigenvalue weighted by Gasteiger charge is -2.28. The molecule has 3 heteroatoms. The highest BCUT2D eigenvalue weighted by Crippen LogP contribution is 2.39. The molecule has 0 amide bonds. The van der Waals surface area contributed by atoms with Gasteiger partial charge in [0, 0.05) is 29.8 Å². The molecule has 2 unspecified atom stereocenters. The van der Waals surface area contributed by atoms with Crippen LogP contribution in [-0.4, -0.2) is 10.8 Å². The highest BCUT2D eigenvalue weighted by molar-refractivity contribution is 7.09. The summed E-state index contributed by atoms with van der Waals surface area (Å²) in [6, 6.07) is 0. The van der Waals surface area contributed by atoms with Crippen LogP contribution in [0.2, 0.25) is 0 Å². The predicted octanol–water partition coefficient (Wildman–Crippen LogP) is 3.01. The van der Waals surface area contributed by atoms with Crippen LogP contribution in [0.4, 0.5) is 0 Å². The van der Waals surface area contributed by atoms with E-state index < -0.39 is 0 Å². The van der Waals surface area contributed by atoms with Gasteiger partial charge in [0.15, 0.2) is 0 Å². The topological polar surface area (TPSA) is 30.0 Å². The normalized spacial score (nSPS) is 27.9. The van der Waals surface area contributed by atoms with Gasteiger partial charge in [-0.1, -0.05) is 13.3 Å². The average Bonchev–Trinajstić information content (AvgIpc) is 2.70. The SMILES string of the molecule is CCC1CCC(=O)CC1c1cncs1. The molecule has 1 saturated carbocycles. The van der Waals surface area contributed by atoms with Crippen molar-refractivity contribution >= 4 is 17.1 Å². The van der Waals surface area contributed by atoms with Crippen LogP contribution in [0.1, 0.15) is 43.4 Å². The van der Waals surface area contributed by atoms with E-state index in [0.717, 1.165) is 19.3 Å². The molecule has 1 fully saturated rings. The molecule has 1 aromatic rings. The second kappa shape index (κ2) is 4.22. The van der Waals surface area contributed by atoms with Gasteiger partial charge in [-0.15, -0.1) is 11.3 Å². The fraction of sp³-hybridized carbons (Fsp3) is 0.636. The van der Waals surface area contributed by atoms with E-state index in [0.29, 0.717) is 17.6 Å². The third kappa shape index (κ3) is 1.87. The first kappa shape index (κ1) is 9.84. The molecule has 1 heterocycles. The second-order valence-electron chi connectivity index (χ2n) is 3.96. The minimum absolute atomic E-state index is 0.424. The standard InChI is InChI=1S/C11H15NOS/c1-2-8-3-4-9(13)5-10(8)11-6-12-7-14-11/h6-8,10H,2-5H2,1H3. The monoisotopic (exact) mass is 209 g/mol. The Bertz CT molecular complexity index is 307. The van der Waals surface area contributed by atoms with E-state index in [1.54, 1.807) is 11.3 Å². The first-order chi connectivity index (χ1) is 6.81. The molecule has 0 radical (unpaired) electrons. The van der Waals surface area contributed by atoms with Crippen LogP contribution in [0.25, 0.3) is 0 Å². The van der Waals surface area contributed by atoms with Crippen molar-refractivity contribution in [3.8, 4) is 0 Å². The van der Waals surface area contributed by atoms with Gasteiger partial charge in [0.2, 0.25) is 0 Å². The van der Waals surface area contributed by atoms with Crippen molar-refractivity contribution in [2.24, 2.45) is 5.92 Å². The summed E-state index contributed by atoms with van der Waals surface area (Å²) in [5.74, 6) is 1.56. The van der Waals surface area contributed by atoms with Crippen molar-refractivity contribution in [3.63, 3.8) is 0 Å². The molecule has 14 heavy (non-hydrogen) atoms. The summed E-state index contributed by atoms with van der Waals surface area (Å²) >= 11 is 1.69. The highest BCUT2D eigenvalue weighted by atomic mass is 32.1. The van der Waals surface area contributed by atoms with Crippen LogP contribution in [-0.2, 0) is 4.79 Å². The Labute approximate surface area is 88.4 Å². The third-order valence-electron chi connectivity index (χ3n) is 3.15. The lowest BCUT2D eigenvalue weighted by Crippen LogP contribution is -2.22. The Hall–Kier alpha value is -0.700. The zero-order chi connectivity index (χ0) is 9.97. The lowest BCUT2D eigenvalue weighted by atomic mass is 9.77. The van der Waals surface area contributed by atoms with Gasteiger partial charge in [0.25, 0.3) is 0 Å². The molecule has 76 valence electrons. The average molecular weight is 209 g/mol. The zero-order valence-electron chi connectivity index (χ0n) is 8.40. The molecule has 2 rings (SSSR count). The van der Waals surface area contributed by atoms with Crippen molar-refractivity contribution in [1.29, 1.82) is 0 Å². The number of nitrogens with zero attached hydrogens (tertiary/aromatic N) is 1. The highest BCUT2D eigenvalue weighted by Gasteiger charge is 2.29. The second-order valence-corrected chi connectivity index (χ2v) is 4.88. The molecule has 1 aromatic heterocycles. The summed E-state index contributed by atoms with van der Waals surface area (Å²) in [7, 11) is 0. The zero-order valence-corrected chi connectivity index (χ0v) is 9.22. The van der Waals surface area contributed by atoms with Crippen molar-refractivity contribution in [2.45, 2.75) is 38.5 Å². The van der Waals surface area contributed by atoms with Gasteiger partial charge in [-0.05, 0) is 12.3 Å². The molecule has 0 bridgehead atoms. The number of carbonyl (C=O) groups is 1. The smallest absolute Gasteiger partial charge is 0.133 e. The Morgan fingerprint density at radius 3 is 3.14 bits per heavy atom. The predicted molar refractivity (Wildman–Crippen MR) is 57.5 cm³/mol. The fourth-order valence-electron chi connectivity index (χ4n) is 2.29. The van der Waals surface area contributed by atoms with Crippen LogP contribution in [0.15, 0.2) is 11.7 Å². The van der Waals surface area contributed by atoms with Gasteiger partial charge in [0.05, 0.1) is 5.51 Å². The molecule has 0 aromatic carbocycles. The first-order valence-corrected chi connectivity index (χ1v) is 6.09. The molecule has 2 nitrogen and oxygen atoms in total. The molecule has 0 aliphatic heterocycles. The van der Waals surface area contributed by atoms with E-state index in [4.69, 9.17) is 0 Å². The molecule has 1 aliphatic rings. The quantitative estimate of drug-likeness (QED) is 0.749. The molecule has 0 saturated heterocycles. The van der Waals surface area contributed by atoms with E-state index in [9.17, 15) is 4.79 Å². The summed E-state index contributed by atoms with van der Waals surface area (Å²) in [5, 5.41) is 0. The lowest BCUT2D eigenvalue weighted by molar-refractivity contribution is -0.121. The van der Waals surface area contributed by atoms with Gasteiger partial charge in [0.1, 0.15) is 5.78 Å². The number of aromatic nitrogens is 1. The molecule has 0 N–H and O–H groups in total. The molecular weight excluding hydrogens is 194 g/mol. The molecular formula is C11H15NOS. The minimum Gasteiger partial charge on any atom is -0.300 e. The van der Waals surface area contributed by atoms with Crippen molar-refractivity contribution in [1.82, 2.24) is 4.98 Å². The third-order valence-corrected chi connectivity index (χ3v) is 4.06. The van der Waals surface area contributed by atoms with Crippen molar-refractivity contribution < 1.29 is 4.79 Å². The van der Waals surface area contributed by atoms with Gasteiger partial charge in [-0.25, -0.2) is 0 Å². The van der Waals surface area contributed by atoms with Crippen LogP contribution in [0.5, 0.6) is 0 Å². The van der Waals surface area contributed by atoms with E-state index in [1.807, 2.05) is 11.7 Å². The maximum Gasteiger partial charge on any atom is 0.133 e. The Morgan fingerprint density at radius 2 is 2.50 bits per heavy atom. The Morgan fingerprint density at radius 1 is 1.64 bits per heavy atom. The summed E-state index contributed by atoms with van der Waals surface area (Å²) in [6.07, 6.45) is 5.69. The Kier molecular flexibility index (Phi) is 2.96. The maximum atomic E-state index is 11.4. The maximum absolute atomic E-state index is 11.4. The van der Waals surface area contributed by atoms with Crippen LogP contribution >= 0.6 is 11.3 Å². The summed E-state index contributed by atoms with van der Waals surface area (Å²) in [4.78, 5) is 16.8. The van der Waals surface area contributed by atoms with Gasteiger partial charge in [-0.3, -0.25) is 9.78 Å². The van der Waals surface area contributed by atoms with Gasteiger partial charge < -0.3 is 0 Å². The van der Waals surface area contributed by atoms with Gasteiger partial charge >= 0.3 is 0 Å². The number of rotatable bonds is 2. The van der Waals surface area contributed by atoms with Crippen LogP contribution in [0, 0.1) is 5.92 Å². The minimum atomic E-state index is 0.424. The summed E-state index contributed by atoms with van der Waals surface area (Å²) < 4.78 is 0. The number of hydrogen-bond acceptors (Lipinski definition) is 3. The molecule has 0 spiro atoms. The van der Waals surface area contributed by atoms with Crippen LogP contribution < -0.4 is 0 Å². The largest absolute Gasteiger partial charge is 0.300 e. The van der Waals surface area contributed by atoms with E-state index >= 15 is 0 Å². The summed E-state index contributed by atoms with van der Waals surface area (Å²) in [6.45, 7) is 2.22. The Balaban J connectivity index is 2.17. The van der Waals surface area contributed by atoms with Crippen molar-refractivity contribution in [3.05, 3.63) is 16.6 Å². The number of Topliss-reactive ketones (excluding diaryl/α,β-unsaturated/α-hetero) is 1. The first-order valence-electron chi connectivity index (χ1n) is 5.21. The van der Waals surface area contributed by atoms with E-state index in [1.165, 1.54) is 11.3 Å². The van der Waals surface area contributed by atoms with Crippen molar-refractivity contribution in [2.75, 3.05) is 0 Å². The summed E-state index contributed by atoms with van der Waals surface area (Å²) in [5.41, 5.74) is 1.86. The number of carbonyl (C=O) groups excluding carboxylic acids is 1.